The first-order valence-electron chi connectivity index (χ1n) is 9.38. The van der Waals surface area contributed by atoms with E-state index in [1.54, 1.807) is 24.8 Å². The summed E-state index contributed by atoms with van der Waals surface area (Å²) in [5.41, 5.74) is -0.716. The van der Waals surface area contributed by atoms with Crippen molar-refractivity contribution in [2.45, 2.75) is 49.1 Å². The van der Waals surface area contributed by atoms with Crippen LogP contribution in [0.5, 0.6) is 0 Å². The van der Waals surface area contributed by atoms with Gasteiger partial charge in [0, 0.05) is 23.2 Å². The summed E-state index contributed by atoms with van der Waals surface area (Å²) >= 11 is 1.54. The van der Waals surface area contributed by atoms with Crippen molar-refractivity contribution in [2.24, 2.45) is 0 Å². The molecule has 1 atom stereocenters. The molecule has 1 aromatic carbocycles. The lowest BCUT2D eigenvalue weighted by Crippen LogP contribution is -2.70. The van der Waals surface area contributed by atoms with Crippen LogP contribution in [0.1, 0.15) is 32.6 Å². The Bertz CT molecular complexity index is 868. The predicted molar refractivity (Wildman–Crippen MR) is 111 cm³/mol. The van der Waals surface area contributed by atoms with Gasteiger partial charge in [-0.1, -0.05) is 18.9 Å². The average molecular weight is 426 g/mol. The van der Waals surface area contributed by atoms with Crippen molar-refractivity contribution in [3.05, 3.63) is 24.3 Å². The highest BCUT2D eigenvalue weighted by molar-refractivity contribution is 7.98. The highest BCUT2D eigenvalue weighted by Crippen LogP contribution is 2.33. The van der Waals surface area contributed by atoms with Gasteiger partial charge in [-0.3, -0.25) is 14.5 Å². The van der Waals surface area contributed by atoms with E-state index in [2.05, 4.69) is 5.32 Å². The first-order valence-corrected chi connectivity index (χ1v) is 12.5. The highest BCUT2D eigenvalue weighted by Gasteiger charge is 2.50. The topological polar surface area (TPSA) is 86.8 Å². The van der Waals surface area contributed by atoms with Crippen molar-refractivity contribution in [2.75, 3.05) is 30.5 Å². The quantitative estimate of drug-likeness (QED) is 0.728. The van der Waals surface area contributed by atoms with E-state index in [4.69, 9.17) is 0 Å². The Morgan fingerprint density at radius 3 is 2.57 bits per heavy atom. The first kappa shape index (κ1) is 21.1. The summed E-state index contributed by atoms with van der Waals surface area (Å²) in [4.78, 5) is 28.8. The number of nitrogens with one attached hydrogen (secondary N) is 1. The lowest BCUT2D eigenvalue weighted by molar-refractivity contribution is -0.133. The van der Waals surface area contributed by atoms with Crippen LogP contribution in [-0.4, -0.2) is 61.7 Å². The van der Waals surface area contributed by atoms with E-state index in [1.807, 2.05) is 24.5 Å². The number of amides is 2. The van der Waals surface area contributed by atoms with Crippen molar-refractivity contribution in [1.82, 2.24) is 9.62 Å². The number of carbonyl (C=O) groups is 2. The minimum Gasteiger partial charge on any atom is -0.351 e. The molecule has 0 bridgehead atoms. The molecule has 9 heteroatoms. The molecule has 0 unspecified atom stereocenters. The van der Waals surface area contributed by atoms with Gasteiger partial charge in [0.2, 0.25) is 21.8 Å². The average Bonchev–Trinajstić information content (AvgIpc) is 3.13. The number of anilines is 1. The molecule has 1 aromatic rings. The van der Waals surface area contributed by atoms with E-state index in [0.29, 0.717) is 5.69 Å². The van der Waals surface area contributed by atoms with E-state index in [0.717, 1.165) is 41.1 Å². The zero-order chi connectivity index (χ0) is 20.5. The third-order valence-corrected chi connectivity index (χ3v) is 7.42. The first-order chi connectivity index (χ1) is 13.1. The Kier molecular flexibility index (Phi) is 6.07. The lowest BCUT2D eigenvalue weighted by atomic mass is 9.94. The smallest absolute Gasteiger partial charge is 0.247 e. The SMILES string of the molecule is CSc1cccc(N2C(=O)CN(S(C)(=O)=O)C[C@]2(C)C(=O)NC2CCCC2)c1. The molecule has 1 aliphatic heterocycles. The lowest BCUT2D eigenvalue weighted by Gasteiger charge is -2.46. The second kappa shape index (κ2) is 8.04. The predicted octanol–water partition coefficient (Wildman–Crippen LogP) is 1.83. The summed E-state index contributed by atoms with van der Waals surface area (Å²) in [6.07, 6.45) is 6.96. The normalized spacial score (nSPS) is 24.5. The number of hydrogen-bond donors (Lipinski definition) is 1. The van der Waals surface area contributed by atoms with Gasteiger partial charge in [-0.25, -0.2) is 8.42 Å². The molecule has 2 amide bonds. The van der Waals surface area contributed by atoms with Gasteiger partial charge in [0.15, 0.2) is 0 Å². The molecule has 3 rings (SSSR count). The van der Waals surface area contributed by atoms with Crippen molar-refractivity contribution < 1.29 is 18.0 Å². The van der Waals surface area contributed by atoms with E-state index in [1.165, 1.54) is 4.90 Å². The Morgan fingerprint density at radius 1 is 1.29 bits per heavy atom. The maximum absolute atomic E-state index is 13.3. The Balaban J connectivity index is 2.01. The Labute approximate surface area is 170 Å². The molecule has 1 saturated carbocycles. The molecule has 2 aliphatic rings. The van der Waals surface area contributed by atoms with Crippen LogP contribution in [0.25, 0.3) is 0 Å². The molecular weight excluding hydrogens is 398 g/mol. The molecule has 0 spiro atoms. The molecule has 1 saturated heterocycles. The number of sulfonamides is 1. The monoisotopic (exact) mass is 425 g/mol. The molecule has 2 fully saturated rings. The minimum absolute atomic E-state index is 0.0698. The fraction of sp³-hybridized carbons (Fsp3) is 0.579. The van der Waals surface area contributed by atoms with Crippen LogP contribution in [0.2, 0.25) is 0 Å². The zero-order valence-electron chi connectivity index (χ0n) is 16.5. The summed E-state index contributed by atoms with van der Waals surface area (Å²) in [6, 6.07) is 7.50. The van der Waals surface area contributed by atoms with Gasteiger partial charge in [-0.05, 0) is 44.2 Å². The zero-order valence-corrected chi connectivity index (χ0v) is 18.1. The van der Waals surface area contributed by atoms with Crippen LogP contribution in [0.4, 0.5) is 5.69 Å². The number of nitrogens with zero attached hydrogens (tertiary/aromatic N) is 2. The number of carbonyl (C=O) groups excluding carboxylic acids is 2. The number of benzene rings is 1. The number of hydrogen-bond acceptors (Lipinski definition) is 5. The maximum Gasteiger partial charge on any atom is 0.247 e. The van der Waals surface area contributed by atoms with Crippen LogP contribution in [0.3, 0.4) is 0 Å². The van der Waals surface area contributed by atoms with Gasteiger partial charge in [0.05, 0.1) is 12.8 Å². The van der Waals surface area contributed by atoms with E-state index in [9.17, 15) is 18.0 Å². The van der Waals surface area contributed by atoms with Crippen molar-refractivity contribution in [1.29, 1.82) is 0 Å². The molecule has 154 valence electrons. The molecule has 1 heterocycles. The third kappa shape index (κ3) is 4.21. The maximum atomic E-state index is 13.3. The molecule has 7 nitrogen and oxygen atoms in total. The van der Waals surface area contributed by atoms with Crippen LogP contribution >= 0.6 is 11.8 Å². The van der Waals surface area contributed by atoms with Crippen LogP contribution in [0.15, 0.2) is 29.2 Å². The Morgan fingerprint density at radius 2 is 1.96 bits per heavy atom. The van der Waals surface area contributed by atoms with Gasteiger partial charge in [-0.15, -0.1) is 11.8 Å². The van der Waals surface area contributed by atoms with Crippen LogP contribution in [-0.2, 0) is 19.6 Å². The minimum atomic E-state index is -3.61. The van der Waals surface area contributed by atoms with Crippen LogP contribution < -0.4 is 10.2 Å². The van der Waals surface area contributed by atoms with Crippen LogP contribution in [0, 0.1) is 0 Å². The summed E-state index contributed by atoms with van der Waals surface area (Å²) < 4.78 is 25.4. The molecular formula is C19H27N3O4S2. The third-order valence-electron chi connectivity index (χ3n) is 5.50. The number of thioether (sulfide) groups is 1. The molecule has 1 N–H and O–H groups in total. The van der Waals surface area contributed by atoms with Gasteiger partial charge in [0.25, 0.3) is 0 Å². The molecule has 28 heavy (non-hydrogen) atoms. The number of piperazine rings is 1. The van der Waals surface area contributed by atoms with Crippen molar-refractivity contribution in [3.8, 4) is 0 Å². The fourth-order valence-electron chi connectivity index (χ4n) is 3.96. The van der Waals surface area contributed by atoms with Crippen molar-refractivity contribution in [3.63, 3.8) is 0 Å². The molecule has 0 aromatic heterocycles. The van der Waals surface area contributed by atoms with Gasteiger partial charge < -0.3 is 5.32 Å². The second-order valence-electron chi connectivity index (χ2n) is 7.69. The van der Waals surface area contributed by atoms with Gasteiger partial charge in [-0.2, -0.15) is 4.31 Å². The van der Waals surface area contributed by atoms with Gasteiger partial charge >= 0.3 is 0 Å². The summed E-state index contributed by atoms with van der Waals surface area (Å²) in [5, 5.41) is 3.05. The largest absolute Gasteiger partial charge is 0.351 e. The summed E-state index contributed by atoms with van der Waals surface area (Å²) in [6.45, 7) is 1.31. The Hall–Kier alpha value is -1.58. The van der Waals surface area contributed by atoms with E-state index in [-0.39, 0.29) is 25.0 Å². The summed E-state index contributed by atoms with van der Waals surface area (Å²) in [5.74, 6) is -0.713. The van der Waals surface area contributed by atoms with Gasteiger partial charge in [0.1, 0.15) is 5.54 Å². The van der Waals surface area contributed by atoms with E-state index < -0.39 is 21.5 Å². The molecule has 1 aliphatic carbocycles. The van der Waals surface area contributed by atoms with Crippen molar-refractivity contribution >= 4 is 39.3 Å². The summed E-state index contributed by atoms with van der Waals surface area (Å²) in [7, 11) is -3.61. The standard InChI is InChI=1S/C19H27N3O4S2/c1-19(18(24)20-14-7-4-5-8-14)13-21(28(3,25)26)12-17(23)22(19)15-9-6-10-16(11-15)27-2/h6,9-11,14H,4-5,7-8,12-13H2,1-3H3,(H,20,24)/t19-/m1/s1. The van der Waals surface area contributed by atoms with E-state index >= 15 is 0 Å². The highest BCUT2D eigenvalue weighted by atomic mass is 32.2. The second-order valence-corrected chi connectivity index (χ2v) is 10.6. The number of rotatable bonds is 5. The molecule has 0 radical (unpaired) electrons. The fourth-order valence-corrected chi connectivity index (χ4v) is 5.25.